The highest BCUT2D eigenvalue weighted by Gasteiger charge is 2.29. The van der Waals surface area contributed by atoms with Crippen LogP contribution in [0.2, 0.25) is 0 Å². The third-order valence-electron chi connectivity index (χ3n) is 7.02. The molecule has 0 saturated carbocycles. The number of esters is 2. The molecule has 0 aliphatic carbocycles. The van der Waals surface area contributed by atoms with Crippen LogP contribution < -0.4 is 9.64 Å². The Bertz CT molecular complexity index is 1220. The quantitative estimate of drug-likeness (QED) is 0.612. The fraction of sp³-hybridized carbons (Fsp3) is 0.440. The molecule has 5 rings (SSSR count). The number of fused-ring (bicyclic) bond motifs is 1. The van der Waals surface area contributed by atoms with Crippen molar-refractivity contribution in [3.63, 3.8) is 0 Å². The van der Waals surface area contributed by atoms with Crippen molar-refractivity contribution in [1.82, 2.24) is 14.9 Å². The largest absolute Gasteiger partial charge is 0.480 e. The number of β-amino-alcohol motifs (C(OH)–C–C–N with tert-alkyl or cyclic N) is 1. The van der Waals surface area contributed by atoms with Gasteiger partial charge in [-0.2, -0.15) is 4.98 Å². The first-order valence-electron chi connectivity index (χ1n) is 11.6. The highest BCUT2D eigenvalue weighted by Crippen LogP contribution is 2.32. The van der Waals surface area contributed by atoms with Crippen molar-refractivity contribution in [2.24, 2.45) is 0 Å². The van der Waals surface area contributed by atoms with Crippen LogP contribution in [0.5, 0.6) is 5.88 Å². The summed E-state index contributed by atoms with van der Waals surface area (Å²) in [5, 5.41) is 10.9. The van der Waals surface area contributed by atoms with Crippen molar-refractivity contribution < 1.29 is 28.9 Å². The maximum absolute atomic E-state index is 11.8. The van der Waals surface area contributed by atoms with E-state index in [2.05, 4.69) is 19.8 Å². The average molecular weight is 481 g/mol. The van der Waals surface area contributed by atoms with E-state index in [1.54, 1.807) is 26.3 Å². The fourth-order valence-corrected chi connectivity index (χ4v) is 4.83. The van der Waals surface area contributed by atoms with Crippen LogP contribution in [0.25, 0.3) is 5.57 Å². The summed E-state index contributed by atoms with van der Waals surface area (Å²) < 4.78 is 15.7. The Morgan fingerprint density at radius 2 is 1.80 bits per heavy atom. The third-order valence-corrected chi connectivity index (χ3v) is 7.02. The summed E-state index contributed by atoms with van der Waals surface area (Å²) in [5.74, 6) is 0.342. The molecule has 4 heterocycles. The van der Waals surface area contributed by atoms with Crippen molar-refractivity contribution in [2.75, 3.05) is 51.3 Å². The van der Waals surface area contributed by atoms with Gasteiger partial charge in [-0.05, 0) is 31.0 Å². The number of rotatable bonds is 6. The van der Waals surface area contributed by atoms with Crippen LogP contribution >= 0.6 is 0 Å². The van der Waals surface area contributed by atoms with E-state index in [1.807, 2.05) is 13.0 Å². The smallest absolute Gasteiger partial charge is 0.338 e. The summed E-state index contributed by atoms with van der Waals surface area (Å²) >= 11 is 0. The highest BCUT2D eigenvalue weighted by atomic mass is 16.5. The average Bonchev–Trinajstić information content (AvgIpc) is 3.41. The minimum absolute atomic E-state index is 0.192. The number of carbonyl (C=O) groups is 2. The summed E-state index contributed by atoms with van der Waals surface area (Å²) in [7, 11) is 1.55. The SMILES string of the molecule is COc1nc(N2CCN(C[C@H](O)c3ccc4c(c3C)COC4=O)CC2)ncc1C1=C(C)C(=O)OC1. The van der Waals surface area contributed by atoms with Crippen LogP contribution in [-0.4, -0.2) is 78.4 Å². The van der Waals surface area contributed by atoms with Crippen LogP contribution in [0.15, 0.2) is 23.9 Å². The van der Waals surface area contributed by atoms with E-state index in [4.69, 9.17) is 14.2 Å². The monoisotopic (exact) mass is 480 g/mol. The molecule has 1 N–H and O–H groups in total. The first-order valence-corrected chi connectivity index (χ1v) is 11.6. The van der Waals surface area contributed by atoms with E-state index in [1.165, 1.54) is 0 Å². The van der Waals surface area contributed by atoms with E-state index in [-0.39, 0.29) is 25.2 Å². The zero-order valence-corrected chi connectivity index (χ0v) is 20.0. The number of anilines is 1. The molecule has 2 aromatic rings. The second kappa shape index (κ2) is 9.27. The predicted octanol–water partition coefficient (Wildman–Crippen LogP) is 1.65. The van der Waals surface area contributed by atoms with Gasteiger partial charge in [-0.1, -0.05) is 6.07 Å². The van der Waals surface area contributed by atoms with Gasteiger partial charge in [0, 0.05) is 55.6 Å². The summed E-state index contributed by atoms with van der Waals surface area (Å²) in [4.78, 5) is 36.9. The number of hydrogen-bond acceptors (Lipinski definition) is 10. The summed E-state index contributed by atoms with van der Waals surface area (Å²) in [6.07, 6.45) is 1.02. The maximum Gasteiger partial charge on any atom is 0.338 e. The Morgan fingerprint density at radius 3 is 2.49 bits per heavy atom. The molecule has 1 fully saturated rings. The second-order valence-electron chi connectivity index (χ2n) is 8.96. The molecule has 1 atom stereocenters. The minimum Gasteiger partial charge on any atom is -0.480 e. The molecule has 0 unspecified atom stereocenters. The normalized spacial score (nSPS) is 19.0. The Labute approximate surface area is 203 Å². The van der Waals surface area contributed by atoms with Crippen LogP contribution in [0.1, 0.15) is 45.6 Å². The van der Waals surface area contributed by atoms with E-state index in [9.17, 15) is 14.7 Å². The highest BCUT2D eigenvalue weighted by molar-refractivity contribution is 6.01. The lowest BCUT2D eigenvalue weighted by Crippen LogP contribution is -2.48. The molecule has 1 aromatic carbocycles. The molecule has 0 spiro atoms. The van der Waals surface area contributed by atoms with Crippen molar-refractivity contribution >= 4 is 23.5 Å². The van der Waals surface area contributed by atoms with Crippen molar-refractivity contribution in [3.05, 3.63) is 51.7 Å². The standard InChI is InChI=1S/C25H28N4O6/c1-14-16(4-5-17-19(14)12-35-24(17)32)21(30)11-28-6-8-29(9-7-28)25-26-10-18(22(27-25)33-3)20-13-34-23(31)15(20)2/h4-5,10,21,30H,6-9,11-13H2,1-3H3/t21-/m0/s1. The molecule has 3 aliphatic rings. The molecule has 0 bridgehead atoms. The van der Waals surface area contributed by atoms with Gasteiger partial charge in [-0.3, -0.25) is 4.90 Å². The topological polar surface area (TPSA) is 114 Å². The van der Waals surface area contributed by atoms with Gasteiger partial charge in [0.25, 0.3) is 0 Å². The van der Waals surface area contributed by atoms with Crippen molar-refractivity contribution in [3.8, 4) is 5.88 Å². The number of hydrogen-bond donors (Lipinski definition) is 1. The van der Waals surface area contributed by atoms with E-state index in [0.29, 0.717) is 48.2 Å². The summed E-state index contributed by atoms with van der Waals surface area (Å²) in [6, 6.07) is 3.57. The minimum atomic E-state index is -0.661. The van der Waals surface area contributed by atoms with Gasteiger partial charge in [-0.15, -0.1) is 0 Å². The lowest BCUT2D eigenvalue weighted by atomic mass is 9.95. The zero-order chi connectivity index (χ0) is 24.7. The van der Waals surface area contributed by atoms with E-state index >= 15 is 0 Å². The van der Waals surface area contributed by atoms with E-state index in [0.717, 1.165) is 35.4 Å². The number of methoxy groups -OCH3 is 1. The number of ether oxygens (including phenoxy) is 3. The number of cyclic esters (lactones) is 2. The van der Waals surface area contributed by atoms with Crippen molar-refractivity contribution in [1.29, 1.82) is 0 Å². The summed E-state index contributed by atoms with van der Waals surface area (Å²) in [5.41, 5.74) is 5.15. The lowest BCUT2D eigenvalue weighted by Gasteiger charge is -2.36. The Kier molecular flexibility index (Phi) is 6.16. The van der Waals surface area contributed by atoms with Gasteiger partial charge in [0.05, 0.1) is 24.3 Å². The molecule has 1 saturated heterocycles. The Morgan fingerprint density at radius 1 is 1.06 bits per heavy atom. The van der Waals surface area contributed by atoms with Gasteiger partial charge in [0.2, 0.25) is 11.8 Å². The lowest BCUT2D eigenvalue weighted by molar-refractivity contribution is -0.135. The predicted molar refractivity (Wildman–Crippen MR) is 126 cm³/mol. The number of carbonyl (C=O) groups excluding carboxylic acids is 2. The van der Waals surface area contributed by atoms with Crippen LogP contribution in [0, 0.1) is 6.92 Å². The molecular formula is C25H28N4O6. The molecule has 0 radical (unpaired) electrons. The number of nitrogens with zero attached hydrogens (tertiary/aromatic N) is 4. The first kappa shape index (κ1) is 23.3. The fourth-order valence-electron chi connectivity index (χ4n) is 4.83. The number of aliphatic hydroxyl groups excluding tert-OH is 1. The number of aliphatic hydroxyl groups is 1. The van der Waals surface area contributed by atoms with Gasteiger partial charge in [-0.25, -0.2) is 14.6 Å². The number of benzene rings is 1. The van der Waals surface area contributed by atoms with Gasteiger partial charge < -0.3 is 24.2 Å². The second-order valence-corrected chi connectivity index (χ2v) is 8.96. The van der Waals surface area contributed by atoms with E-state index < -0.39 is 6.10 Å². The maximum atomic E-state index is 11.8. The molecule has 3 aliphatic heterocycles. The van der Waals surface area contributed by atoms with Crippen LogP contribution in [-0.2, 0) is 20.9 Å². The molecule has 10 nitrogen and oxygen atoms in total. The summed E-state index contributed by atoms with van der Waals surface area (Å²) in [6.45, 7) is 7.48. The van der Waals surface area contributed by atoms with Gasteiger partial charge in [0.1, 0.15) is 13.2 Å². The number of piperazine rings is 1. The van der Waals surface area contributed by atoms with Crippen molar-refractivity contribution in [2.45, 2.75) is 26.6 Å². The zero-order valence-electron chi connectivity index (χ0n) is 20.0. The Hall–Kier alpha value is -3.50. The molecule has 184 valence electrons. The molecule has 35 heavy (non-hydrogen) atoms. The molecule has 10 heteroatoms. The number of aromatic nitrogens is 2. The molecule has 1 aromatic heterocycles. The van der Waals surface area contributed by atoms with Crippen LogP contribution in [0.4, 0.5) is 5.95 Å². The molecular weight excluding hydrogens is 452 g/mol. The third kappa shape index (κ3) is 4.23. The molecule has 0 amide bonds. The van der Waals surface area contributed by atoms with Crippen LogP contribution in [0.3, 0.4) is 0 Å². The van der Waals surface area contributed by atoms with Gasteiger partial charge >= 0.3 is 11.9 Å². The first-order chi connectivity index (χ1) is 16.9. The van der Waals surface area contributed by atoms with Gasteiger partial charge in [0.15, 0.2) is 0 Å². The Balaban J connectivity index is 1.23.